The topological polar surface area (TPSA) is 32.3 Å². The summed E-state index contributed by atoms with van der Waals surface area (Å²) >= 11 is 1.95. The SMILES string of the molecule is CC1CCCCC1NCCSCCCO. The number of nitrogens with one attached hydrogen (secondary N) is 1. The second-order valence-electron chi connectivity index (χ2n) is 4.51. The Labute approximate surface area is 98.2 Å². The quantitative estimate of drug-likeness (QED) is 0.659. The molecular weight excluding hydrogens is 206 g/mol. The fourth-order valence-electron chi connectivity index (χ4n) is 2.20. The third-order valence-electron chi connectivity index (χ3n) is 3.21. The highest BCUT2D eigenvalue weighted by molar-refractivity contribution is 7.99. The van der Waals surface area contributed by atoms with Crippen molar-refractivity contribution in [2.24, 2.45) is 5.92 Å². The average Bonchev–Trinajstić information content (AvgIpc) is 2.25. The van der Waals surface area contributed by atoms with Gasteiger partial charge in [0.25, 0.3) is 0 Å². The summed E-state index contributed by atoms with van der Waals surface area (Å²) in [5.74, 6) is 3.14. The van der Waals surface area contributed by atoms with Crippen molar-refractivity contribution in [2.75, 3.05) is 24.7 Å². The van der Waals surface area contributed by atoms with Crippen molar-refractivity contribution in [3.8, 4) is 0 Å². The molecule has 1 aliphatic carbocycles. The van der Waals surface area contributed by atoms with Crippen molar-refractivity contribution >= 4 is 11.8 Å². The molecule has 3 heteroatoms. The zero-order valence-corrected chi connectivity index (χ0v) is 10.7. The van der Waals surface area contributed by atoms with E-state index in [1.54, 1.807) is 0 Å². The number of aliphatic hydroxyl groups is 1. The summed E-state index contributed by atoms with van der Waals surface area (Å²) in [5, 5.41) is 12.3. The fraction of sp³-hybridized carbons (Fsp3) is 1.00. The minimum Gasteiger partial charge on any atom is -0.396 e. The normalized spacial score (nSPS) is 26.8. The van der Waals surface area contributed by atoms with E-state index in [9.17, 15) is 0 Å². The lowest BCUT2D eigenvalue weighted by atomic mass is 9.86. The predicted octanol–water partition coefficient (Wildman–Crippen LogP) is 2.27. The molecule has 2 atom stereocenters. The van der Waals surface area contributed by atoms with Gasteiger partial charge in [0.2, 0.25) is 0 Å². The second kappa shape index (κ2) is 8.43. The largest absolute Gasteiger partial charge is 0.396 e. The van der Waals surface area contributed by atoms with Gasteiger partial charge >= 0.3 is 0 Å². The molecule has 1 fully saturated rings. The van der Waals surface area contributed by atoms with Gasteiger partial charge in [0, 0.05) is 24.9 Å². The Balaban J connectivity index is 1.94. The van der Waals surface area contributed by atoms with Crippen LogP contribution in [0.1, 0.15) is 39.0 Å². The molecule has 0 aliphatic heterocycles. The number of thioether (sulfide) groups is 1. The van der Waals surface area contributed by atoms with Crippen LogP contribution in [0.5, 0.6) is 0 Å². The third-order valence-corrected chi connectivity index (χ3v) is 4.28. The molecule has 1 saturated carbocycles. The van der Waals surface area contributed by atoms with Gasteiger partial charge < -0.3 is 10.4 Å². The van der Waals surface area contributed by atoms with Crippen LogP contribution in [0.15, 0.2) is 0 Å². The van der Waals surface area contributed by atoms with E-state index < -0.39 is 0 Å². The number of hydrogen-bond acceptors (Lipinski definition) is 3. The summed E-state index contributed by atoms with van der Waals surface area (Å²) in [6.45, 7) is 3.83. The van der Waals surface area contributed by atoms with Gasteiger partial charge in [0.1, 0.15) is 0 Å². The monoisotopic (exact) mass is 231 g/mol. The van der Waals surface area contributed by atoms with Crippen molar-refractivity contribution in [1.29, 1.82) is 0 Å². The molecule has 0 aromatic heterocycles. The van der Waals surface area contributed by atoms with Crippen LogP contribution in [0.25, 0.3) is 0 Å². The standard InChI is InChI=1S/C12H25NOS/c1-11-5-2-3-6-12(11)13-7-10-15-9-4-8-14/h11-14H,2-10H2,1H3. The Morgan fingerprint density at radius 1 is 1.27 bits per heavy atom. The summed E-state index contributed by atoms with van der Waals surface area (Å²) in [4.78, 5) is 0. The molecule has 0 spiro atoms. The molecule has 2 N–H and O–H groups in total. The molecule has 0 bridgehead atoms. The van der Waals surface area contributed by atoms with Crippen molar-refractivity contribution in [3.05, 3.63) is 0 Å². The summed E-state index contributed by atoms with van der Waals surface area (Å²) < 4.78 is 0. The molecule has 0 aromatic carbocycles. The van der Waals surface area contributed by atoms with Gasteiger partial charge in [-0.3, -0.25) is 0 Å². The molecule has 0 amide bonds. The van der Waals surface area contributed by atoms with Crippen LogP contribution in [0.3, 0.4) is 0 Å². The van der Waals surface area contributed by atoms with Crippen molar-refractivity contribution in [2.45, 2.75) is 45.1 Å². The molecule has 90 valence electrons. The fourth-order valence-corrected chi connectivity index (χ4v) is 3.00. The summed E-state index contributed by atoms with van der Waals surface area (Å²) in [6, 6.07) is 0.761. The van der Waals surface area contributed by atoms with Gasteiger partial charge in [-0.25, -0.2) is 0 Å². The predicted molar refractivity (Wildman–Crippen MR) is 68.5 cm³/mol. The average molecular weight is 231 g/mol. The van der Waals surface area contributed by atoms with Crippen LogP contribution in [0.2, 0.25) is 0 Å². The van der Waals surface area contributed by atoms with Crippen molar-refractivity contribution in [3.63, 3.8) is 0 Å². The van der Waals surface area contributed by atoms with E-state index in [1.165, 1.54) is 31.4 Å². The van der Waals surface area contributed by atoms with Crippen LogP contribution >= 0.6 is 11.8 Å². The van der Waals surface area contributed by atoms with Crippen molar-refractivity contribution in [1.82, 2.24) is 5.32 Å². The molecule has 1 aliphatic rings. The Bertz CT molecular complexity index is 155. The molecular formula is C12H25NOS. The molecule has 0 aromatic rings. The van der Waals surface area contributed by atoms with Crippen LogP contribution in [0.4, 0.5) is 0 Å². The molecule has 0 heterocycles. The first-order valence-corrected chi connectivity index (χ1v) is 7.42. The molecule has 2 nitrogen and oxygen atoms in total. The highest BCUT2D eigenvalue weighted by Crippen LogP contribution is 2.23. The molecule has 0 saturated heterocycles. The van der Waals surface area contributed by atoms with E-state index in [1.807, 2.05) is 11.8 Å². The Morgan fingerprint density at radius 2 is 2.07 bits per heavy atom. The minimum absolute atomic E-state index is 0.333. The number of aliphatic hydroxyl groups excluding tert-OH is 1. The van der Waals surface area contributed by atoms with Gasteiger partial charge in [-0.15, -0.1) is 0 Å². The lowest BCUT2D eigenvalue weighted by Gasteiger charge is -2.29. The van der Waals surface area contributed by atoms with E-state index >= 15 is 0 Å². The van der Waals surface area contributed by atoms with Gasteiger partial charge in [0.05, 0.1) is 0 Å². The van der Waals surface area contributed by atoms with Gasteiger partial charge in [-0.2, -0.15) is 11.8 Å². The molecule has 2 unspecified atom stereocenters. The van der Waals surface area contributed by atoms with E-state index in [-0.39, 0.29) is 0 Å². The minimum atomic E-state index is 0.333. The summed E-state index contributed by atoms with van der Waals surface area (Å²) in [6.07, 6.45) is 6.52. The van der Waals surface area contributed by atoms with Crippen LogP contribution < -0.4 is 5.32 Å². The zero-order chi connectivity index (χ0) is 10.9. The molecule has 15 heavy (non-hydrogen) atoms. The Morgan fingerprint density at radius 3 is 2.80 bits per heavy atom. The Kier molecular flexibility index (Phi) is 7.49. The first kappa shape index (κ1) is 13.3. The first-order chi connectivity index (χ1) is 7.34. The maximum absolute atomic E-state index is 8.63. The second-order valence-corrected chi connectivity index (χ2v) is 5.74. The number of hydrogen-bond donors (Lipinski definition) is 2. The van der Waals surface area contributed by atoms with Crippen LogP contribution in [-0.2, 0) is 0 Å². The maximum atomic E-state index is 8.63. The smallest absolute Gasteiger partial charge is 0.0438 e. The maximum Gasteiger partial charge on any atom is 0.0438 e. The van der Waals surface area contributed by atoms with Gasteiger partial charge in [0.15, 0.2) is 0 Å². The van der Waals surface area contributed by atoms with E-state index in [0.717, 1.165) is 30.7 Å². The van der Waals surface area contributed by atoms with Gasteiger partial charge in [-0.05, 0) is 30.9 Å². The van der Waals surface area contributed by atoms with Gasteiger partial charge in [-0.1, -0.05) is 19.8 Å². The highest BCUT2D eigenvalue weighted by atomic mass is 32.2. The molecule has 0 radical (unpaired) electrons. The third kappa shape index (κ3) is 5.79. The lowest BCUT2D eigenvalue weighted by molar-refractivity contribution is 0.285. The van der Waals surface area contributed by atoms with Crippen LogP contribution in [0, 0.1) is 5.92 Å². The summed E-state index contributed by atoms with van der Waals surface area (Å²) in [5.41, 5.74) is 0. The molecule has 1 rings (SSSR count). The summed E-state index contributed by atoms with van der Waals surface area (Å²) in [7, 11) is 0. The Hall–Kier alpha value is 0.270. The van der Waals surface area contributed by atoms with Crippen molar-refractivity contribution < 1.29 is 5.11 Å². The number of rotatable bonds is 7. The van der Waals surface area contributed by atoms with E-state index in [4.69, 9.17) is 5.11 Å². The first-order valence-electron chi connectivity index (χ1n) is 6.26. The highest BCUT2D eigenvalue weighted by Gasteiger charge is 2.19. The van der Waals surface area contributed by atoms with E-state index in [0.29, 0.717) is 6.61 Å². The van der Waals surface area contributed by atoms with E-state index in [2.05, 4.69) is 12.2 Å². The zero-order valence-electron chi connectivity index (χ0n) is 9.87. The van der Waals surface area contributed by atoms with Crippen LogP contribution in [-0.4, -0.2) is 35.8 Å². The lowest BCUT2D eigenvalue weighted by Crippen LogP contribution is -2.38.